The van der Waals surface area contributed by atoms with Gasteiger partial charge in [-0.15, -0.1) is 10.2 Å². The Morgan fingerprint density at radius 1 is 1.32 bits per heavy atom. The number of hydrogen-bond acceptors (Lipinski definition) is 7. The Balaban J connectivity index is 1.45. The summed E-state index contributed by atoms with van der Waals surface area (Å²) in [5, 5.41) is 8.16. The highest BCUT2D eigenvalue weighted by Gasteiger charge is 2.40. The fourth-order valence-corrected chi connectivity index (χ4v) is 3.75. The van der Waals surface area contributed by atoms with Crippen molar-refractivity contribution in [2.45, 2.75) is 25.4 Å². The van der Waals surface area contributed by atoms with Gasteiger partial charge in [0, 0.05) is 32.8 Å². The Morgan fingerprint density at radius 3 is 3.04 bits per heavy atom. The van der Waals surface area contributed by atoms with Crippen LogP contribution in [0.5, 0.6) is 0 Å². The molecule has 0 aromatic carbocycles. The van der Waals surface area contributed by atoms with Crippen LogP contribution in [0.2, 0.25) is 0 Å². The number of ether oxygens (including phenoxy) is 1. The molecule has 0 spiro atoms. The van der Waals surface area contributed by atoms with Gasteiger partial charge in [-0.3, -0.25) is 9.69 Å². The zero-order valence-corrected chi connectivity index (χ0v) is 14.3. The number of methoxy groups -OCH3 is 1. The van der Waals surface area contributed by atoms with Gasteiger partial charge >= 0.3 is 0 Å². The third kappa shape index (κ3) is 3.32. The second kappa shape index (κ2) is 6.97. The van der Waals surface area contributed by atoms with Crippen molar-refractivity contribution in [1.29, 1.82) is 0 Å². The predicted octanol–water partition coefficient (Wildman–Crippen LogP) is 1.40. The average Bonchev–Trinajstić information content (AvgIpc) is 3.22. The fraction of sp³-hybridized carbons (Fsp3) is 0.588. The lowest BCUT2D eigenvalue weighted by atomic mass is 9.94. The predicted molar refractivity (Wildman–Crippen MR) is 87.4 cm³/mol. The number of piperidine rings is 1. The molecule has 8 heteroatoms. The van der Waals surface area contributed by atoms with Crippen molar-refractivity contribution in [3.8, 4) is 11.7 Å². The first-order valence-electron chi connectivity index (χ1n) is 8.62. The number of amides is 1. The minimum Gasteiger partial charge on any atom is -0.459 e. The molecule has 3 aliphatic heterocycles. The van der Waals surface area contributed by atoms with Crippen molar-refractivity contribution in [3.05, 3.63) is 24.3 Å². The number of furan rings is 1. The van der Waals surface area contributed by atoms with Crippen LogP contribution in [0.3, 0.4) is 0 Å². The molecule has 0 saturated carbocycles. The van der Waals surface area contributed by atoms with Crippen molar-refractivity contribution in [2.24, 2.45) is 5.92 Å². The molecule has 2 atom stereocenters. The first kappa shape index (κ1) is 16.3. The zero-order valence-electron chi connectivity index (χ0n) is 14.3. The van der Waals surface area contributed by atoms with Crippen LogP contribution < -0.4 is 0 Å². The number of hydrogen-bond donors (Lipinski definition) is 0. The fourth-order valence-electron chi connectivity index (χ4n) is 3.75. The monoisotopic (exact) mass is 346 g/mol. The van der Waals surface area contributed by atoms with Crippen LogP contribution in [0.1, 0.15) is 18.7 Å². The molecule has 0 N–H and O–H groups in total. The first-order valence-corrected chi connectivity index (χ1v) is 8.62. The topological polar surface area (TPSA) is 84.8 Å². The SMILES string of the molecule is COCCN1C(=O)[C@@H]2CC[C@H]1CN(Cc1nnc(-c3ccco3)o1)C2. The highest BCUT2D eigenvalue weighted by atomic mass is 16.5. The van der Waals surface area contributed by atoms with Gasteiger partial charge in [0.2, 0.25) is 11.8 Å². The second-order valence-corrected chi connectivity index (χ2v) is 6.62. The van der Waals surface area contributed by atoms with E-state index in [0.717, 1.165) is 25.9 Å². The Hall–Kier alpha value is -2.19. The molecule has 5 heterocycles. The van der Waals surface area contributed by atoms with Gasteiger partial charge in [-0.25, -0.2) is 0 Å². The summed E-state index contributed by atoms with van der Waals surface area (Å²) in [7, 11) is 1.67. The van der Waals surface area contributed by atoms with Crippen molar-refractivity contribution in [2.75, 3.05) is 33.4 Å². The molecule has 3 aliphatic rings. The molecule has 0 unspecified atom stereocenters. The minimum atomic E-state index is 0.0445. The van der Waals surface area contributed by atoms with Gasteiger partial charge in [0.05, 0.1) is 25.3 Å². The molecule has 2 aromatic heterocycles. The molecule has 0 radical (unpaired) electrons. The van der Waals surface area contributed by atoms with E-state index >= 15 is 0 Å². The number of nitrogens with zero attached hydrogens (tertiary/aromatic N) is 4. The molecule has 5 rings (SSSR count). The third-order valence-electron chi connectivity index (χ3n) is 4.96. The lowest BCUT2D eigenvalue weighted by Gasteiger charge is -2.35. The van der Waals surface area contributed by atoms with Gasteiger partial charge in [-0.05, 0) is 25.0 Å². The highest BCUT2D eigenvalue weighted by molar-refractivity contribution is 5.80. The van der Waals surface area contributed by atoms with Crippen LogP contribution in [0.25, 0.3) is 11.7 Å². The molecule has 134 valence electrons. The molecular weight excluding hydrogens is 324 g/mol. The summed E-state index contributed by atoms with van der Waals surface area (Å²) in [5.74, 6) is 1.79. The first-order chi connectivity index (χ1) is 12.2. The number of carbonyl (C=O) groups is 1. The molecule has 2 bridgehead atoms. The number of aromatic nitrogens is 2. The van der Waals surface area contributed by atoms with E-state index in [-0.39, 0.29) is 17.9 Å². The maximum absolute atomic E-state index is 12.7. The van der Waals surface area contributed by atoms with Gasteiger partial charge in [0.1, 0.15) is 0 Å². The smallest absolute Gasteiger partial charge is 0.283 e. The summed E-state index contributed by atoms with van der Waals surface area (Å²) < 4.78 is 16.1. The van der Waals surface area contributed by atoms with E-state index in [9.17, 15) is 4.79 Å². The summed E-state index contributed by atoms with van der Waals surface area (Å²) >= 11 is 0. The largest absolute Gasteiger partial charge is 0.459 e. The lowest BCUT2D eigenvalue weighted by molar-refractivity contribution is -0.140. The summed E-state index contributed by atoms with van der Waals surface area (Å²) in [4.78, 5) is 16.9. The summed E-state index contributed by atoms with van der Waals surface area (Å²) in [6.07, 6.45) is 3.56. The molecule has 8 nitrogen and oxygen atoms in total. The van der Waals surface area contributed by atoms with Gasteiger partial charge in [-0.1, -0.05) is 0 Å². The molecular formula is C17H22N4O4. The van der Waals surface area contributed by atoms with E-state index in [1.54, 1.807) is 25.5 Å². The molecule has 25 heavy (non-hydrogen) atoms. The van der Waals surface area contributed by atoms with Crippen LogP contribution in [-0.4, -0.2) is 65.3 Å². The van der Waals surface area contributed by atoms with E-state index in [1.807, 2.05) is 4.90 Å². The van der Waals surface area contributed by atoms with Crippen molar-refractivity contribution in [3.63, 3.8) is 0 Å². The third-order valence-corrected chi connectivity index (χ3v) is 4.96. The van der Waals surface area contributed by atoms with Crippen molar-refractivity contribution in [1.82, 2.24) is 20.0 Å². The van der Waals surface area contributed by atoms with Gasteiger partial charge in [0.25, 0.3) is 5.89 Å². The number of rotatable bonds is 6. The van der Waals surface area contributed by atoms with Crippen LogP contribution in [0.15, 0.2) is 27.2 Å². The van der Waals surface area contributed by atoms with E-state index in [4.69, 9.17) is 13.6 Å². The molecule has 0 aliphatic carbocycles. The zero-order chi connectivity index (χ0) is 17.2. The van der Waals surface area contributed by atoms with Crippen molar-refractivity contribution >= 4 is 5.91 Å². The highest BCUT2D eigenvalue weighted by Crippen LogP contribution is 2.30. The van der Waals surface area contributed by atoms with Crippen LogP contribution in [0, 0.1) is 5.92 Å². The maximum Gasteiger partial charge on any atom is 0.283 e. The standard InChI is InChI=1S/C17H22N4O4/c1-23-8-6-21-13-5-4-12(17(21)22)9-20(10-13)11-15-18-19-16(25-15)14-3-2-7-24-14/h2-3,7,12-13H,4-6,8-11H2,1H3/t12-,13+/m1/s1. The summed E-state index contributed by atoms with van der Waals surface area (Å²) in [6, 6.07) is 3.80. The van der Waals surface area contributed by atoms with Gasteiger partial charge in [0.15, 0.2) is 5.76 Å². The second-order valence-electron chi connectivity index (χ2n) is 6.62. The van der Waals surface area contributed by atoms with Crippen LogP contribution in [-0.2, 0) is 16.1 Å². The molecule has 3 saturated heterocycles. The van der Waals surface area contributed by atoms with E-state index in [0.29, 0.717) is 37.2 Å². The number of fused-ring (bicyclic) bond motifs is 4. The Bertz CT molecular complexity index is 714. The Kier molecular flexibility index (Phi) is 4.54. The Labute approximate surface area is 145 Å². The summed E-state index contributed by atoms with van der Waals surface area (Å²) in [6.45, 7) is 3.34. The van der Waals surface area contributed by atoms with Crippen molar-refractivity contribution < 1.29 is 18.4 Å². The van der Waals surface area contributed by atoms with Crippen LogP contribution in [0.4, 0.5) is 0 Å². The molecule has 1 amide bonds. The van der Waals surface area contributed by atoms with E-state index in [2.05, 4.69) is 15.1 Å². The quantitative estimate of drug-likeness (QED) is 0.781. The van der Waals surface area contributed by atoms with Gasteiger partial charge < -0.3 is 18.5 Å². The summed E-state index contributed by atoms with van der Waals surface area (Å²) in [5.41, 5.74) is 0. The average molecular weight is 346 g/mol. The normalized spacial score (nSPS) is 24.0. The minimum absolute atomic E-state index is 0.0445. The maximum atomic E-state index is 12.7. The molecule has 2 aromatic rings. The van der Waals surface area contributed by atoms with E-state index in [1.165, 1.54) is 0 Å². The van der Waals surface area contributed by atoms with Gasteiger partial charge in [-0.2, -0.15) is 0 Å². The van der Waals surface area contributed by atoms with Crippen LogP contribution >= 0.6 is 0 Å². The number of carbonyl (C=O) groups excluding carboxylic acids is 1. The lowest BCUT2D eigenvalue weighted by Crippen LogP contribution is -2.49. The Morgan fingerprint density at radius 2 is 2.24 bits per heavy atom. The van der Waals surface area contributed by atoms with E-state index < -0.39 is 0 Å². The molecule has 3 fully saturated rings.